The lowest BCUT2D eigenvalue weighted by molar-refractivity contribution is 0.439. The third kappa shape index (κ3) is 3.77. The van der Waals surface area contributed by atoms with Gasteiger partial charge in [0.15, 0.2) is 5.11 Å². The predicted octanol–water partition coefficient (Wildman–Crippen LogP) is 6.59. The fraction of sp³-hybridized carbons (Fsp3) is 0.120. The average molecular weight is 490 g/mol. The number of aryl methyl sites for hydroxylation is 1. The van der Waals surface area contributed by atoms with Crippen molar-refractivity contribution in [3.8, 4) is 11.3 Å². The Morgan fingerprint density at radius 1 is 1.00 bits per heavy atom. The van der Waals surface area contributed by atoms with Crippen LogP contribution in [0.5, 0.6) is 0 Å². The minimum absolute atomic E-state index is 0.130. The molecule has 2 aromatic heterocycles. The molecule has 3 heterocycles. The summed E-state index contributed by atoms with van der Waals surface area (Å²) in [7, 11) is 0. The summed E-state index contributed by atoms with van der Waals surface area (Å²) < 4.78 is 7.44. The van der Waals surface area contributed by atoms with E-state index in [0.29, 0.717) is 5.11 Å². The Labute approximate surface area is 195 Å². The van der Waals surface area contributed by atoms with Crippen molar-refractivity contribution in [1.82, 2.24) is 10.3 Å². The number of furan rings is 1. The summed E-state index contributed by atoms with van der Waals surface area (Å²) in [5.74, 6) is 1.64. The highest BCUT2D eigenvalue weighted by atomic mass is 79.9. The summed E-state index contributed by atoms with van der Waals surface area (Å²) in [6, 6.07) is 26.1. The van der Waals surface area contributed by atoms with Gasteiger partial charge in [-0.25, -0.2) is 0 Å². The largest absolute Gasteiger partial charge is 0.459 e. The summed E-state index contributed by atoms with van der Waals surface area (Å²) in [6.45, 7) is 2.07. The lowest BCUT2D eigenvalue weighted by atomic mass is 10.0. The molecule has 1 aliphatic heterocycles. The van der Waals surface area contributed by atoms with Gasteiger partial charge in [0.05, 0.1) is 11.7 Å². The zero-order chi connectivity index (χ0) is 21.4. The van der Waals surface area contributed by atoms with Crippen molar-refractivity contribution in [3.63, 3.8) is 0 Å². The van der Waals surface area contributed by atoms with Gasteiger partial charge in [-0.2, -0.15) is 0 Å². The molecule has 0 aliphatic carbocycles. The van der Waals surface area contributed by atoms with E-state index >= 15 is 0 Å². The number of halogens is 1. The summed E-state index contributed by atoms with van der Waals surface area (Å²) in [5.41, 5.74) is 4.14. The van der Waals surface area contributed by atoms with Crippen molar-refractivity contribution < 1.29 is 4.42 Å². The Bertz CT molecular complexity index is 1230. The van der Waals surface area contributed by atoms with Crippen LogP contribution in [0.25, 0.3) is 11.3 Å². The van der Waals surface area contributed by atoms with Crippen molar-refractivity contribution in [2.45, 2.75) is 19.0 Å². The van der Waals surface area contributed by atoms with Gasteiger partial charge >= 0.3 is 0 Å². The first-order valence-electron chi connectivity index (χ1n) is 10.0. The van der Waals surface area contributed by atoms with E-state index in [1.165, 1.54) is 5.56 Å². The maximum Gasteiger partial charge on any atom is 0.174 e. The lowest BCUT2D eigenvalue weighted by Gasteiger charge is -2.26. The molecular formula is C25H20BrN3OS. The summed E-state index contributed by atoms with van der Waals surface area (Å²) in [5, 5.41) is 4.11. The quantitative estimate of drug-likeness (QED) is 0.327. The Balaban J connectivity index is 1.60. The maximum absolute atomic E-state index is 6.43. The van der Waals surface area contributed by atoms with Crippen LogP contribution in [-0.4, -0.2) is 10.1 Å². The highest BCUT2D eigenvalue weighted by Gasteiger charge is 2.42. The molecule has 31 heavy (non-hydrogen) atoms. The van der Waals surface area contributed by atoms with E-state index in [-0.39, 0.29) is 12.1 Å². The van der Waals surface area contributed by atoms with Crippen molar-refractivity contribution in [1.29, 1.82) is 0 Å². The third-order valence-corrected chi connectivity index (χ3v) is 6.41. The molecule has 0 unspecified atom stereocenters. The number of benzene rings is 2. The normalized spacial score (nSPS) is 18.3. The molecular weight excluding hydrogens is 470 g/mol. The highest BCUT2D eigenvalue weighted by molar-refractivity contribution is 9.10. The molecule has 2 atom stereocenters. The molecule has 1 N–H and O–H groups in total. The van der Waals surface area contributed by atoms with Crippen LogP contribution in [0.1, 0.15) is 29.1 Å². The Kier molecular flexibility index (Phi) is 5.34. The van der Waals surface area contributed by atoms with Gasteiger partial charge in [0, 0.05) is 21.9 Å². The molecule has 1 fully saturated rings. The van der Waals surface area contributed by atoms with Gasteiger partial charge in [-0.3, -0.25) is 4.98 Å². The Hall–Kier alpha value is -2.96. The molecule has 1 saturated heterocycles. The monoisotopic (exact) mass is 489 g/mol. The minimum Gasteiger partial charge on any atom is -0.459 e. The van der Waals surface area contributed by atoms with E-state index in [0.717, 1.165) is 32.9 Å². The molecule has 0 spiro atoms. The maximum atomic E-state index is 6.43. The number of hydrogen-bond donors (Lipinski definition) is 1. The topological polar surface area (TPSA) is 41.3 Å². The van der Waals surface area contributed by atoms with Crippen LogP contribution in [0.15, 0.2) is 93.9 Å². The van der Waals surface area contributed by atoms with Gasteiger partial charge in [0.1, 0.15) is 17.6 Å². The van der Waals surface area contributed by atoms with Crippen LogP contribution in [0.4, 0.5) is 5.69 Å². The number of nitrogens with zero attached hydrogens (tertiary/aromatic N) is 2. The average Bonchev–Trinajstić information content (AvgIpc) is 3.39. The minimum atomic E-state index is -0.164. The van der Waals surface area contributed by atoms with Crippen molar-refractivity contribution in [3.05, 3.63) is 107 Å². The van der Waals surface area contributed by atoms with Crippen molar-refractivity contribution >= 4 is 38.9 Å². The van der Waals surface area contributed by atoms with Crippen LogP contribution in [0.2, 0.25) is 0 Å². The summed E-state index contributed by atoms with van der Waals surface area (Å²) >= 11 is 9.42. The van der Waals surface area contributed by atoms with Gasteiger partial charge in [0.2, 0.25) is 0 Å². The van der Waals surface area contributed by atoms with E-state index in [4.69, 9.17) is 16.6 Å². The SMILES string of the molecule is Cc1ccc(-c2ccc([C@H]3[C@H](c4ccccn4)NC(=S)N3c3ccccc3)o2)c(Br)c1. The van der Waals surface area contributed by atoms with Gasteiger partial charge < -0.3 is 14.6 Å². The summed E-state index contributed by atoms with van der Waals surface area (Å²) in [6.07, 6.45) is 1.80. The molecule has 0 bridgehead atoms. The first kappa shape index (κ1) is 20.0. The van der Waals surface area contributed by atoms with Crippen molar-refractivity contribution in [2.75, 3.05) is 4.90 Å². The number of nitrogens with one attached hydrogen (secondary N) is 1. The fourth-order valence-corrected chi connectivity index (χ4v) is 5.02. The smallest absolute Gasteiger partial charge is 0.174 e. The van der Waals surface area contributed by atoms with E-state index in [9.17, 15) is 0 Å². The number of anilines is 1. The molecule has 6 heteroatoms. The van der Waals surface area contributed by atoms with Crippen LogP contribution in [0, 0.1) is 6.92 Å². The second-order valence-corrected chi connectivity index (χ2v) is 8.76. The van der Waals surface area contributed by atoms with Crippen molar-refractivity contribution in [2.24, 2.45) is 0 Å². The third-order valence-electron chi connectivity index (χ3n) is 5.44. The van der Waals surface area contributed by atoms with Crippen LogP contribution >= 0.6 is 28.1 Å². The Morgan fingerprint density at radius 3 is 2.55 bits per heavy atom. The lowest BCUT2D eigenvalue weighted by Crippen LogP contribution is -2.29. The first-order valence-corrected chi connectivity index (χ1v) is 11.2. The number of hydrogen-bond acceptors (Lipinski definition) is 3. The van der Waals surface area contributed by atoms with Crippen LogP contribution in [0.3, 0.4) is 0 Å². The van der Waals surface area contributed by atoms with E-state index in [1.807, 2.05) is 48.5 Å². The first-order chi connectivity index (χ1) is 15.1. The number of pyridine rings is 1. The second-order valence-electron chi connectivity index (χ2n) is 7.52. The second kappa shape index (κ2) is 8.29. The van der Waals surface area contributed by atoms with E-state index < -0.39 is 0 Å². The van der Waals surface area contributed by atoms with E-state index in [1.54, 1.807) is 6.20 Å². The van der Waals surface area contributed by atoms with Gasteiger partial charge in [0.25, 0.3) is 0 Å². The standard InChI is InChI=1S/C25H20BrN3OS/c1-16-10-11-18(19(26)15-16)21-12-13-22(30-21)24-23(20-9-5-6-14-27-20)28-25(31)29(24)17-7-3-2-4-8-17/h2-15,23-24H,1H3,(H,28,31)/t23-,24-/m0/s1. The van der Waals surface area contributed by atoms with E-state index in [2.05, 4.69) is 68.4 Å². The number of rotatable bonds is 4. The molecule has 154 valence electrons. The van der Waals surface area contributed by atoms with Gasteiger partial charge in [-0.15, -0.1) is 0 Å². The number of aromatic nitrogens is 1. The van der Waals surface area contributed by atoms with Gasteiger partial charge in [-0.05, 0) is 73.2 Å². The molecule has 2 aromatic carbocycles. The zero-order valence-electron chi connectivity index (χ0n) is 16.8. The molecule has 1 aliphatic rings. The predicted molar refractivity (Wildman–Crippen MR) is 131 cm³/mol. The molecule has 5 rings (SSSR count). The number of thiocarbonyl (C=S) groups is 1. The molecule has 4 nitrogen and oxygen atoms in total. The highest BCUT2D eigenvalue weighted by Crippen LogP contribution is 2.43. The Morgan fingerprint density at radius 2 is 1.81 bits per heavy atom. The van der Waals surface area contributed by atoms with Crippen LogP contribution < -0.4 is 10.2 Å². The number of para-hydroxylation sites is 1. The fourth-order valence-electron chi connectivity index (χ4n) is 3.99. The van der Waals surface area contributed by atoms with Gasteiger partial charge in [-0.1, -0.05) is 46.3 Å². The van der Waals surface area contributed by atoms with Crippen LogP contribution in [-0.2, 0) is 0 Å². The molecule has 0 radical (unpaired) electrons. The summed E-state index contributed by atoms with van der Waals surface area (Å²) in [4.78, 5) is 6.70. The molecule has 0 amide bonds. The molecule has 0 saturated carbocycles. The zero-order valence-corrected chi connectivity index (χ0v) is 19.2. The molecule has 4 aromatic rings.